The number of nitrogens with zero attached hydrogens (tertiary/aromatic N) is 2. The maximum atomic E-state index is 12.5. The average Bonchev–Trinajstić information content (AvgIpc) is 3.01. The molecule has 2 aromatic carbocycles. The molecular weight excluding hydrogens is 376 g/mol. The van der Waals surface area contributed by atoms with E-state index < -0.39 is 12.2 Å². The number of guanidine groups is 1. The fourth-order valence-corrected chi connectivity index (χ4v) is 3.49. The van der Waals surface area contributed by atoms with Gasteiger partial charge in [-0.1, -0.05) is 49.7 Å². The van der Waals surface area contributed by atoms with Crippen molar-refractivity contribution < 1.29 is 18.3 Å². The van der Waals surface area contributed by atoms with Gasteiger partial charge in [-0.25, -0.2) is 4.99 Å². The Hall–Kier alpha value is -2.67. The van der Waals surface area contributed by atoms with Crippen LogP contribution in [0.1, 0.15) is 36.5 Å². The highest BCUT2D eigenvalue weighted by Crippen LogP contribution is 2.39. The lowest BCUT2D eigenvalue weighted by molar-refractivity contribution is -0.0498. The number of aliphatic imine (C=N–C) groups is 1. The first-order chi connectivity index (χ1) is 13.9. The summed E-state index contributed by atoms with van der Waals surface area (Å²) in [6, 6.07) is 14.7. The monoisotopic (exact) mass is 403 g/mol. The van der Waals surface area contributed by atoms with Gasteiger partial charge in [0, 0.05) is 13.7 Å². The second kappa shape index (κ2) is 9.22. The van der Waals surface area contributed by atoms with Crippen LogP contribution in [0.3, 0.4) is 0 Å². The van der Waals surface area contributed by atoms with Crippen LogP contribution >= 0.6 is 0 Å². The van der Waals surface area contributed by atoms with Crippen molar-refractivity contribution in [1.82, 2.24) is 4.90 Å². The molecule has 0 fully saturated rings. The van der Waals surface area contributed by atoms with Gasteiger partial charge in [-0.05, 0) is 35.2 Å². The van der Waals surface area contributed by atoms with Gasteiger partial charge in [0.05, 0.1) is 13.2 Å². The Bertz CT molecular complexity index is 842. The number of rotatable bonds is 9. The van der Waals surface area contributed by atoms with Gasteiger partial charge in [0.25, 0.3) is 0 Å². The summed E-state index contributed by atoms with van der Waals surface area (Å²) in [5.41, 5.74) is 8.27. The molecule has 0 saturated heterocycles. The molecule has 1 atom stereocenters. The number of nitrogens with two attached hydrogens (primary N) is 1. The zero-order valence-electron chi connectivity index (χ0n) is 16.8. The largest absolute Gasteiger partial charge is 0.435 e. The topological polar surface area (TPSA) is 60.1 Å². The third-order valence-electron chi connectivity index (χ3n) is 5.04. The number of hydrogen-bond donors (Lipinski definition) is 1. The van der Waals surface area contributed by atoms with E-state index in [9.17, 15) is 8.78 Å². The Kier molecular flexibility index (Phi) is 6.69. The SMILES string of the molecule is CCCCOCc1cccc(C2(c3ccc(OC(F)F)cc3)CN(C)C(N)=N2)c1. The molecule has 1 aliphatic rings. The standard InChI is InChI=1S/C22H27F2N3O2/c1-3-4-12-28-14-16-6-5-7-18(13-16)22(15-27(2)21(25)26-22)17-8-10-19(11-9-17)29-20(23)24/h5-11,13,20H,3-4,12,14-15H2,1-2H3,(H2,25,26). The highest BCUT2D eigenvalue weighted by atomic mass is 19.3. The van der Waals surface area contributed by atoms with Gasteiger partial charge in [0.15, 0.2) is 5.96 Å². The third-order valence-corrected chi connectivity index (χ3v) is 5.04. The molecule has 156 valence electrons. The highest BCUT2D eigenvalue weighted by Gasteiger charge is 2.40. The molecule has 2 N–H and O–H groups in total. The van der Waals surface area contributed by atoms with Crippen molar-refractivity contribution >= 4 is 5.96 Å². The van der Waals surface area contributed by atoms with Crippen LogP contribution < -0.4 is 10.5 Å². The van der Waals surface area contributed by atoms with Crippen molar-refractivity contribution in [3.05, 3.63) is 65.2 Å². The summed E-state index contributed by atoms with van der Waals surface area (Å²) in [6.45, 7) is 1.08. The second-order valence-corrected chi connectivity index (χ2v) is 7.20. The first-order valence-electron chi connectivity index (χ1n) is 9.73. The molecular formula is C22H27F2N3O2. The maximum Gasteiger partial charge on any atom is 0.387 e. The lowest BCUT2D eigenvalue weighted by Crippen LogP contribution is -2.34. The van der Waals surface area contributed by atoms with Crippen LogP contribution in [-0.4, -0.2) is 37.7 Å². The van der Waals surface area contributed by atoms with Crippen LogP contribution in [0.5, 0.6) is 5.75 Å². The summed E-state index contributed by atoms with van der Waals surface area (Å²) in [5, 5.41) is 0. The fourth-order valence-electron chi connectivity index (χ4n) is 3.49. The lowest BCUT2D eigenvalue weighted by Gasteiger charge is -2.28. The van der Waals surface area contributed by atoms with E-state index in [1.807, 2.05) is 30.1 Å². The summed E-state index contributed by atoms with van der Waals surface area (Å²) in [6.07, 6.45) is 2.12. The Morgan fingerprint density at radius 2 is 1.93 bits per heavy atom. The lowest BCUT2D eigenvalue weighted by atomic mass is 9.83. The predicted molar refractivity (Wildman–Crippen MR) is 109 cm³/mol. The highest BCUT2D eigenvalue weighted by molar-refractivity contribution is 5.81. The van der Waals surface area contributed by atoms with Crippen LogP contribution in [0.4, 0.5) is 8.78 Å². The fraction of sp³-hybridized carbons (Fsp3) is 0.409. The van der Waals surface area contributed by atoms with Crippen molar-refractivity contribution in [3.63, 3.8) is 0 Å². The summed E-state index contributed by atoms with van der Waals surface area (Å²) in [5.74, 6) is 0.544. The van der Waals surface area contributed by atoms with Gasteiger partial charge in [-0.3, -0.25) is 0 Å². The zero-order valence-corrected chi connectivity index (χ0v) is 16.8. The van der Waals surface area contributed by atoms with Crippen LogP contribution in [-0.2, 0) is 16.9 Å². The van der Waals surface area contributed by atoms with E-state index in [4.69, 9.17) is 15.5 Å². The molecule has 0 aliphatic carbocycles. The number of alkyl halides is 2. The molecule has 0 saturated carbocycles. The molecule has 0 radical (unpaired) electrons. The molecule has 0 bridgehead atoms. The molecule has 0 amide bonds. The second-order valence-electron chi connectivity index (χ2n) is 7.20. The third kappa shape index (κ3) is 4.85. The van der Waals surface area contributed by atoms with Gasteiger partial charge in [-0.15, -0.1) is 0 Å². The molecule has 2 aromatic rings. The molecule has 3 rings (SSSR count). The van der Waals surface area contributed by atoms with E-state index in [0.29, 0.717) is 19.1 Å². The summed E-state index contributed by atoms with van der Waals surface area (Å²) >= 11 is 0. The number of hydrogen-bond acceptors (Lipinski definition) is 5. The minimum atomic E-state index is -2.86. The van der Waals surface area contributed by atoms with Gasteiger partial charge in [0.1, 0.15) is 11.3 Å². The normalized spacial score (nSPS) is 18.9. The van der Waals surface area contributed by atoms with E-state index >= 15 is 0 Å². The van der Waals surface area contributed by atoms with Crippen LogP contribution in [0.25, 0.3) is 0 Å². The van der Waals surface area contributed by atoms with Crippen LogP contribution in [0.15, 0.2) is 53.5 Å². The first-order valence-corrected chi connectivity index (χ1v) is 9.73. The van der Waals surface area contributed by atoms with Crippen molar-refractivity contribution in [2.24, 2.45) is 10.7 Å². The maximum absolute atomic E-state index is 12.5. The summed E-state index contributed by atoms with van der Waals surface area (Å²) in [7, 11) is 1.88. The van der Waals surface area contributed by atoms with Crippen molar-refractivity contribution in [2.75, 3.05) is 20.2 Å². The van der Waals surface area contributed by atoms with Crippen molar-refractivity contribution in [3.8, 4) is 5.75 Å². The van der Waals surface area contributed by atoms with Crippen LogP contribution in [0.2, 0.25) is 0 Å². The summed E-state index contributed by atoms with van der Waals surface area (Å²) in [4.78, 5) is 6.66. The molecule has 29 heavy (non-hydrogen) atoms. The van der Waals surface area contributed by atoms with Gasteiger partial charge in [-0.2, -0.15) is 8.78 Å². The van der Waals surface area contributed by atoms with E-state index in [2.05, 4.69) is 17.7 Å². The average molecular weight is 403 g/mol. The van der Waals surface area contributed by atoms with E-state index in [-0.39, 0.29) is 5.75 Å². The molecule has 1 aliphatic heterocycles. The molecule has 1 heterocycles. The van der Waals surface area contributed by atoms with E-state index in [0.717, 1.165) is 36.1 Å². The molecule has 1 unspecified atom stereocenters. The smallest absolute Gasteiger partial charge is 0.387 e. The van der Waals surface area contributed by atoms with Gasteiger partial charge < -0.3 is 20.1 Å². The van der Waals surface area contributed by atoms with Gasteiger partial charge in [0.2, 0.25) is 0 Å². The number of benzene rings is 2. The quantitative estimate of drug-likeness (QED) is 0.640. The number of unbranched alkanes of at least 4 members (excludes halogenated alkanes) is 1. The van der Waals surface area contributed by atoms with Gasteiger partial charge >= 0.3 is 6.61 Å². The number of halogens is 2. The first kappa shape index (κ1) is 21.0. The predicted octanol–water partition coefficient (Wildman–Crippen LogP) is 4.11. The molecule has 0 spiro atoms. The van der Waals surface area contributed by atoms with E-state index in [1.165, 1.54) is 12.1 Å². The van der Waals surface area contributed by atoms with E-state index in [1.54, 1.807) is 12.1 Å². The minimum absolute atomic E-state index is 0.111. The summed E-state index contributed by atoms with van der Waals surface area (Å²) < 4.78 is 35.2. The Labute approximate surface area is 170 Å². The number of likely N-dealkylation sites (N-methyl/N-ethyl adjacent to an activating group) is 1. The molecule has 7 heteroatoms. The van der Waals surface area contributed by atoms with Crippen LogP contribution in [0, 0.1) is 0 Å². The van der Waals surface area contributed by atoms with Crippen molar-refractivity contribution in [1.29, 1.82) is 0 Å². The Balaban J connectivity index is 1.92. The number of ether oxygens (including phenoxy) is 2. The molecule has 5 nitrogen and oxygen atoms in total. The zero-order chi connectivity index (χ0) is 20.9. The molecule has 0 aromatic heterocycles. The Morgan fingerprint density at radius 1 is 1.17 bits per heavy atom. The minimum Gasteiger partial charge on any atom is -0.435 e. The Morgan fingerprint density at radius 3 is 2.55 bits per heavy atom. The van der Waals surface area contributed by atoms with Crippen molar-refractivity contribution in [2.45, 2.75) is 38.5 Å².